The van der Waals surface area contributed by atoms with Gasteiger partial charge in [0.15, 0.2) is 0 Å². The molecule has 0 saturated carbocycles. The Morgan fingerprint density at radius 1 is 0.947 bits per heavy atom. The van der Waals surface area contributed by atoms with Crippen LogP contribution in [0.5, 0.6) is 5.75 Å². The van der Waals surface area contributed by atoms with Crippen molar-refractivity contribution in [3.63, 3.8) is 0 Å². The standard InChI is InChI=1S/C33H49NO4/c1-13-33(14-2,25-15-17-27(22(3)19-25)29(36)34(12)31(9,10)21-35)26-16-18-28(23(4)20-26)38-24(5)32(11,37)30(6,7)8/h15-21,24,37H,13-14H2,1-12H3. The average molecular weight is 524 g/mol. The molecule has 0 fully saturated rings. The van der Waals surface area contributed by atoms with Gasteiger partial charge in [0.1, 0.15) is 23.7 Å². The van der Waals surface area contributed by atoms with Gasteiger partial charge < -0.3 is 19.5 Å². The zero-order valence-electron chi connectivity index (χ0n) is 25.7. The Balaban J connectivity index is 2.47. The minimum atomic E-state index is -1.000. The average Bonchev–Trinajstić information content (AvgIpc) is 2.85. The molecule has 210 valence electrons. The number of likely N-dealkylation sites (N-methyl/N-ethyl adjacent to an activating group) is 1. The Morgan fingerprint density at radius 3 is 1.87 bits per heavy atom. The van der Waals surface area contributed by atoms with Crippen LogP contribution in [0.1, 0.15) is 108 Å². The fourth-order valence-electron chi connectivity index (χ4n) is 4.95. The number of aliphatic hydroxyl groups is 1. The van der Waals surface area contributed by atoms with Crippen LogP contribution in [-0.4, -0.2) is 46.5 Å². The first-order valence-corrected chi connectivity index (χ1v) is 13.7. The fraction of sp³-hybridized carbons (Fsp3) is 0.576. The molecule has 1 N–H and O–H groups in total. The predicted molar refractivity (Wildman–Crippen MR) is 156 cm³/mol. The van der Waals surface area contributed by atoms with E-state index in [0.29, 0.717) is 5.56 Å². The molecule has 1 amide bonds. The highest BCUT2D eigenvalue weighted by Crippen LogP contribution is 2.42. The van der Waals surface area contributed by atoms with E-state index in [0.717, 1.165) is 41.6 Å². The molecule has 0 aliphatic rings. The van der Waals surface area contributed by atoms with E-state index in [1.54, 1.807) is 20.9 Å². The number of aryl methyl sites for hydroxylation is 2. The molecular formula is C33H49NO4. The predicted octanol–water partition coefficient (Wildman–Crippen LogP) is 7.02. The van der Waals surface area contributed by atoms with Crippen LogP contribution in [0.3, 0.4) is 0 Å². The van der Waals surface area contributed by atoms with Gasteiger partial charge in [-0.25, -0.2) is 0 Å². The normalized spacial score (nSPS) is 15.0. The monoisotopic (exact) mass is 523 g/mol. The van der Waals surface area contributed by atoms with Crippen LogP contribution in [-0.2, 0) is 10.2 Å². The van der Waals surface area contributed by atoms with Crippen LogP contribution in [0.4, 0.5) is 0 Å². The summed E-state index contributed by atoms with van der Waals surface area (Å²) in [6, 6.07) is 12.4. The second-order valence-electron chi connectivity index (χ2n) is 12.6. The van der Waals surface area contributed by atoms with Crippen LogP contribution >= 0.6 is 0 Å². The number of carbonyl (C=O) groups is 2. The number of aldehydes is 1. The molecule has 0 spiro atoms. The Labute approximate surface area is 230 Å². The summed E-state index contributed by atoms with van der Waals surface area (Å²) in [4.78, 5) is 26.2. The van der Waals surface area contributed by atoms with E-state index in [1.807, 2.05) is 60.6 Å². The summed E-state index contributed by atoms with van der Waals surface area (Å²) >= 11 is 0. The van der Waals surface area contributed by atoms with Crippen molar-refractivity contribution in [2.24, 2.45) is 5.41 Å². The number of rotatable bonds is 10. The van der Waals surface area contributed by atoms with Crippen molar-refractivity contribution in [1.29, 1.82) is 0 Å². The maximum atomic E-state index is 13.2. The molecule has 2 atom stereocenters. The highest BCUT2D eigenvalue weighted by molar-refractivity contribution is 5.97. The highest BCUT2D eigenvalue weighted by Gasteiger charge is 2.42. The van der Waals surface area contributed by atoms with Gasteiger partial charge >= 0.3 is 0 Å². The molecule has 0 aliphatic carbocycles. The third kappa shape index (κ3) is 5.83. The van der Waals surface area contributed by atoms with E-state index in [4.69, 9.17) is 4.74 Å². The number of benzene rings is 2. The Hall–Kier alpha value is -2.66. The van der Waals surface area contributed by atoms with E-state index >= 15 is 0 Å². The van der Waals surface area contributed by atoms with Gasteiger partial charge in [0, 0.05) is 18.0 Å². The lowest BCUT2D eigenvalue weighted by atomic mass is 9.69. The van der Waals surface area contributed by atoms with Gasteiger partial charge in [-0.3, -0.25) is 4.79 Å². The molecule has 0 bridgehead atoms. The highest BCUT2D eigenvalue weighted by atomic mass is 16.5. The molecule has 2 aromatic rings. The van der Waals surface area contributed by atoms with E-state index < -0.39 is 11.1 Å². The van der Waals surface area contributed by atoms with Gasteiger partial charge in [-0.1, -0.05) is 58.9 Å². The molecule has 2 unspecified atom stereocenters. The number of hydrogen-bond acceptors (Lipinski definition) is 4. The van der Waals surface area contributed by atoms with Crippen molar-refractivity contribution in [1.82, 2.24) is 4.90 Å². The zero-order valence-corrected chi connectivity index (χ0v) is 25.7. The summed E-state index contributed by atoms with van der Waals surface area (Å²) in [5, 5.41) is 11.1. The van der Waals surface area contributed by atoms with E-state index in [-0.39, 0.29) is 22.8 Å². The van der Waals surface area contributed by atoms with Gasteiger partial charge in [-0.15, -0.1) is 0 Å². The number of carbonyl (C=O) groups excluding carboxylic acids is 2. The fourth-order valence-corrected chi connectivity index (χ4v) is 4.95. The summed E-state index contributed by atoms with van der Waals surface area (Å²) in [6.45, 7) is 21.7. The van der Waals surface area contributed by atoms with Crippen LogP contribution in [0.2, 0.25) is 0 Å². The van der Waals surface area contributed by atoms with E-state index in [9.17, 15) is 14.7 Å². The lowest BCUT2D eigenvalue weighted by Crippen LogP contribution is -2.51. The lowest BCUT2D eigenvalue weighted by molar-refractivity contribution is -0.115. The third-order valence-corrected chi connectivity index (χ3v) is 9.02. The van der Waals surface area contributed by atoms with E-state index in [2.05, 4.69) is 38.1 Å². The van der Waals surface area contributed by atoms with E-state index in [1.165, 1.54) is 10.5 Å². The van der Waals surface area contributed by atoms with Gasteiger partial charge in [0.05, 0.1) is 5.54 Å². The SMILES string of the molecule is CCC(CC)(c1ccc(OC(C)C(C)(O)C(C)(C)C)c(C)c1)c1ccc(C(=O)N(C)C(C)(C)C=O)c(C)c1. The number of nitrogens with zero attached hydrogens (tertiary/aromatic N) is 1. The Bertz CT molecular complexity index is 1150. The summed E-state index contributed by atoms with van der Waals surface area (Å²) in [5.74, 6) is 0.604. The quantitative estimate of drug-likeness (QED) is 0.340. The summed E-state index contributed by atoms with van der Waals surface area (Å²) in [6.07, 6.45) is 2.20. The molecule has 38 heavy (non-hydrogen) atoms. The smallest absolute Gasteiger partial charge is 0.254 e. The van der Waals surface area contributed by atoms with Crippen LogP contribution in [0, 0.1) is 19.3 Å². The maximum absolute atomic E-state index is 13.2. The van der Waals surface area contributed by atoms with Crippen LogP contribution in [0.15, 0.2) is 36.4 Å². The van der Waals surface area contributed by atoms with Gasteiger partial charge in [0.2, 0.25) is 0 Å². The van der Waals surface area contributed by atoms with Crippen LogP contribution < -0.4 is 4.74 Å². The van der Waals surface area contributed by atoms with Crippen molar-refractivity contribution in [2.75, 3.05) is 7.05 Å². The minimum absolute atomic E-state index is 0.164. The molecule has 5 nitrogen and oxygen atoms in total. The first kappa shape index (κ1) is 31.6. The van der Waals surface area contributed by atoms with Crippen molar-refractivity contribution in [2.45, 2.75) is 112 Å². The first-order valence-electron chi connectivity index (χ1n) is 13.7. The molecule has 0 radical (unpaired) electrons. The molecule has 0 aromatic heterocycles. The number of amides is 1. The Morgan fingerprint density at radius 2 is 1.45 bits per heavy atom. The molecular weight excluding hydrogens is 474 g/mol. The van der Waals surface area contributed by atoms with Crippen molar-refractivity contribution in [3.8, 4) is 5.75 Å². The largest absolute Gasteiger partial charge is 0.487 e. The second kappa shape index (κ2) is 11.2. The van der Waals surface area contributed by atoms with Crippen molar-refractivity contribution < 1.29 is 19.4 Å². The summed E-state index contributed by atoms with van der Waals surface area (Å²) in [7, 11) is 1.67. The molecule has 5 heteroatoms. The zero-order chi connectivity index (χ0) is 29.3. The molecule has 2 aromatic carbocycles. The number of ether oxygens (including phenoxy) is 1. The second-order valence-corrected chi connectivity index (χ2v) is 12.6. The minimum Gasteiger partial charge on any atom is -0.487 e. The van der Waals surface area contributed by atoms with Gasteiger partial charge in [-0.2, -0.15) is 0 Å². The third-order valence-electron chi connectivity index (χ3n) is 9.02. The van der Waals surface area contributed by atoms with Crippen molar-refractivity contribution >= 4 is 12.2 Å². The van der Waals surface area contributed by atoms with Gasteiger partial charge in [0.25, 0.3) is 5.91 Å². The van der Waals surface area contributed by atoms with Crippen molar-refractivity contribution in [3.05, 3.63) is 64.2 Å². The lowest BCUT2D eigenvalue weighted by Gasteiger charge is -2.41. The topological polar surface area (TPSA) is 66.8 Å². The summed E-state index contributed by atoms with van der Waals surface area (Å²) < 4.78 is 6.28. The van der Waals surface area contributed by atoms with Gasteiger partial charge in [-0.05, 0) is 94.2 Å². The molecule has 0 aliphatic heterocycles. The van der Waals surface area contributed by atoms with Crippen LogP contribution in [0.25, 0.3) is 0 Å². The molecule has 0 heterocycles. The first-order chi connectivity index (χ1) is 17.4. The molecule has 0 saturated heterocycles. The number of hydrogen-bond donors (Lipinski definition) is 1. The summed E-state index contributed by atoms with van der Waals surface area (Å²) in [5.41, 5.74) is 2.43. The Kier molecular flexibility index (Phi) is 9.31. The molecule has 2 rings (SSSR count). The maximum Gasteiger partial charge on any atom is 0.254 e.